The van der Waals surface area contributed by atoms with Gasteiger partial charge in [0.05, 0.1) is 0 Å². The zero-order chi connectivity index (χ0) is 17.8. The summed E-state index contributed by atoms with van der Waals surface area (Å²) in [7, 11) is 2.10. The van der Waals surface area contributed by atoms with Crippen molar-refractivity contribution in [2.75, 3.05) is 19.3 Å². The second-order valence-electron chi connectivity index (χ2n) is 6.35. The van der Waals surface area contributed by atoms with Gasteiger partial charge in [-0.2, -0.15) is 0 Å². The van der Waals surface area contributed by atoms with Gasteiger partial charge in [-0.1, -0.05) is 24.6 Å². The Morgan fingerprint density at radius 3 is 2.72 bits per heavy atom. The molecule has 0 aliphatic carbocycles. The van der Waals surface area contributed by atoms with Crippen molar-refractivity contribution in [1.82, 2.24) is 10.2 Å². The number of likely N-dealkylation sites (N-methyl/N-ethyl adjacent to an activating group) is 1. The number of rotatable bonds is 5. The van der Waals surface area contributed by atoms with E-state index < -0.39 is 0 Å². The number of carbonyl (C=O) groups excluding carboxylic acids is 1. The van der Waals surface area contributed by atoms with Crippen LogP contribution in [0.1, 0.15) is 28.4 Å². The van der Waals surface area contributed by atoms with Gasteiger partial charge in [0.1, 0.15) is 0 Å². The van der Waals surface area contributed by atoms with Gasteiger partial charge in [0, 0.05) is 34.6 Å². The number of nitrogens with zero attached hydrogens (tertiary/aromatic N) is 1. The van der Waals surface area contributed by atoms with Crippen LogP contribution in [0.2, 0.25) is 5.02 Å². The average Bonchev–Trinajstić information content (AvgIpc) is 2.61. The number of benzene rings is 2. The van der Waals surface area contributed by atoms with Crippen LogP contribution >= 0.6 is 23.4 Å². The summed E-state index contributed by atoms with van der Waals surface area (Å²) in [4.78, 5) is 15.9. The molecule has 5 heteroatoms. The van der Waals surface area contributed by atoms with E-state index in [-0.39, 0.29) is 11.9 Å². The van der Waals surface area contributed by atoms with Crippen LogP contribution in [0.3, 0.4) is 0 Å². The number of fused-ring (bicyclic) bond motifs is 1. The Labute approximate surface area is 158 Å². The monoisotopic (exact) mass is 374 g/mol. The van der Waals surface area contributed by atoms with Crippen LogP contribution < -0.4 is 5.32 Å². The van der Waals surface area contributed by atoms with Crippen LogP contribution in [-0.4, -0.2) is 36.2 Å². The predicted molar refractivity (Wildman–Crippen MR) is 106 cm³/mol. The molecule has 1 aliphatic heterocycles. The minimum Gasteiger partial charge on any atom is -0.350 e. The van der Waals surface area contributed by atoms with Crippen LogP contribution in [0.5, 0.6) is 0 Å². The summed E-state index contributed by atoms with van der Waals surface area (Å²) in [6, 6.07) is 14.2. The maximum Gasteiger partial charge on any atom is 0.251 e. The van der Waals surface area contributed by atoms with E-state index >= 15 is 0 Å². The zero-order valence-electron chi connectivity index (χ0n) is 14.6. The lowest BCUT2D eigenvalue weighted by atomic mass is 9.94. The van der Waals surface area contributed by atoms with Crippen molar-refractivity contribution >= 4 is 29.3 Å². The van der Waals surface area contributed by atoms with Crippen LogP contribution in [0.25, 0.3) is 0 Å². The second-order valence-corrected chi connectivity index (χ2v) is 8.13. The van der Waals surface area contributed by atoms with Crippen LogP contribution in [0, 0.1) is 0 Å². The Morgan fingerprint density at radius 2 is 2.00 bits per heavy atom. The molecule has 0 saturated heterocycles. The first-order valence-electron chi connectivity index (χ1n) is 8.55. The van der Waals surface area contributed by atoms with Gasteiger partial charge in [0.25, 0.3) is 5.91 Å². The highest BCUT2D eigenvalue weighted by molar-refractivity contribution is 7.99. The molecule has 3 nitrogen and oxygen atoms in total. The van der Waals surface area contributed by atoms with E-state index in [1.165, 1.54) is 16.0 Å². The Balaban J connectivity index is 1.60. The number of nitrogens with one attached hydrogen (secondary N) is 1. The summed E-state index contributed by atoms with van der Waals surface area (Å²) in [6.07, 6.45) is 0.902. The van der Waals surface area contributed by atoms with Crippen molar-refractivity contribution < 1.29 is 4.79 Å². The van der Waals surface area contributed by atoms with Crippen LogP contribution in [0.4, 0.5) is 0 Å². The largest absolute Gasteiger partial charge is 0.350 e. The van der Waals surface area contributed by atoms with Crippen molar-refractivity contribution in [3.8, 4) is 0 Å². The van der Waals surface area contributed by atoms with E-state index in [0.717, 1.165) is 23.7 Å². The number of halogens is 1. The van der Waals surface area contributed by atoms with Gasteiger partial charge in [0.15, 0.2) is 0 Å². The van der Waals surface area contributed by atoms with Gasteiger partial charge in [-0.15, -0.1) is 11.8 Å². The Morgan fingerprint density at radius 1 is 1.24 bits per heavy atom. The van der Waals surface area contributed by atoms with Gasteiger partial charge in [-0.3, -0.25) is 9.69 Å². The molecule has 132 valence electrons. The molecule has 2 aromatic carbocycles. The molecule has 0 aromatic heterocycles. The van der Waals surface area contributed by atoms with Crippen molar-refractivity contribution in [3.05, 3.63) is 64.2 Å². The summed E-state index contributed by atoms with van der Waals surface area (Å²) < 4.78 is 0. The number of carbonyl (C=O) groups is 1. The quantitative estimate of drug-likeness (QED) is 0.794. The molecule has 2 aromatic rings. The summed E-state index contributed by atoms with van der Waals surface area (Å²) in [5.74, 6) is 1.02. The SMILES string of the molecule is CCSc1ccc(C(=O)NCC2Cc3cc(Cl)ccc3CN2C)cc1. The van der Waals surface area contributed by atoms with Crippen molar-refractivity contribution in [2.45, 2.75) is 30.8 Å². The van der Waals surface area contributed by atoms with Gasteiger partial charge in [0.2, 0.25) is 0 Å². The lowest BCUT2D eigenvalue weighted by Crippen LogP contribution is -2.45. The number of hydrogen-bond acceptors (Lipinski definition) is 3. The normalized spacial score (nSPS) is 17.2. The van der Waals surface area contributed by atoms with Gasteiger partial charge in [-0.05, 0) is 66.7 Å². The molecule has 0 fully saturated rings. The molecule has 1 N–H and O–H groups in total. The number of amides is 1. The summed E-state index contributed by atoms with van der Waals surface area (Å²) in [5.41, 5.74) is 3.31. The lowest BCUT2D eigenvalue weighted by Gasteiger charge is -2.34. The maximum absolute atomic E-state index is 12.4. The third-order valence-electron chi connectivity index (χ3n) is 4.59. The van der Waals surface area contributed by atoms with E-state index in [0.29, 0.717) is 12.1 Å². The molecule has 3 rings (SSSR count). The molecule has 1 atom stereocenters. The molecule has 1 aliphatic rings. The fourth-order valence-electron chi connectivity index (χ4n) is 3.16. The van der Waals surface area contributed by atoms with E-state index in [2.05, 4.69) is 30.3 Å². The summed E-state index contributed by atoms with van der Waals surface area (Å²) in [5, 5.41) is 3.85. The van der Waals surface area contributed by atoms with Crippen molar-refractivity contribution in [1.29, 1.82) is 0 Å². The average molecular weight is 375 g/mol. The first kappa shape index (κ1) is 18.3. The lowest BCUT2D eigenvalue weighted by molar-refractivity contribution is 0.0934. The molecule has 1 unspecified atom stereocenters. The Hall–Kier alpha value is -1.49. The topological polar surface area (TPSA) is 32.3 Å². The minimum atomic E-state index is -0.0154. The van der Waals surface area contributed by atoms with Crippen molar-refractivity contribution in [3.63, 3.8) is 0 Å². The molecule has 1 amide bonds. The Bertz CT molecular complexity index is 748. The Kier molecular flexibility index (Phi) is 6.05. The third-order valence-corrected chi connectivity index (χ3v) is 5.72. The van der Waals surface area contributed by atoms with Gasteiger partial charge < -0.3 is 5.32 Å². The van der Waals surface area contributed by atoms with Gasteiger partial charge >= 0.3 is 0 Å². The molecule has 0 saturated carbocycles. The molecule has 0 bridgehead atoms. The molecule has 0 radical (unpaired) electrons. The third kappa shape index (κ3) is 4.57. The van der Waals surface area contributed by atoms with Crippen molar-refractivity contribution in [2.24, 2.45) is 0 Å². The first-order valence-corrected chi connectivity index (χ1v) is 9.91. The van der Waals surface area contributed by atoms with Gasteiger partial charge in [-0.25, -0.2) is 0 Å². The minimum absolute atomic E-state index is 0.0154. The van der Waals surface area contributed by atoms with E-state index in [4.69, 9.17) is 11.6 Å². The standard InChI is InChI=1S/C20H23ClN2OS/c1-3-25-19-8-5-14(6-9-19)20(24)22-12-18-11-16-10-17(21)7-4-15(16)13-23(18)2/h4-10,18H,3,11-13H2,1-2H3,(H,22,24). The van der Waals surface area contributed by atoms with E-state index in [1.54, 1.807) is 11.8 Å². The summed E-state index contributed by atoms with van der Waals surface area (Å²) in [6.45, 7) is 3.64. The van der Waals surface area contributed by atoms with Crippen LogP contribution in [0.15, 0.2) is 47.4 Å². The predicted octanol–water partition coefficient (Wildman–Crippen LogP) is 4.24. The number of thioether (sulfide) groups is 1. The van der Waals surface area contributed by atoms with Crippen LogP contribution in [-0.2, 0) is 13.0 Å². The molecular formula is C20H23ClN2OS. The zero-order valence-corrected chi connectivity index (χ0v) is 16.2. The molecule has 1 heterocycles. The van der Waals surface area contributed by atoms with E-state index in [9.17, 15) is 4.79 Å². The highest BCUT2D eigenvalue weighted by Gasteiger charge is 2.24. The highest BCUT2D eigenvalue weighted by Crippen LogP contribution is 2.25. The highest BCUT2D eigenvalue weighted by atomic mass is 35.5. The smallest absolute Gasteiger partial charge is 0.251 e. The fourth-order valence-corrected chi connectivity index (χ4v) is 4.01. The molecular weight excluding hydrogens is 352 g/mol. The summed E-state index contributed by atoms with van der Waals surface area (Å²) >= 11 is 7.90. The molecule has 25 heavy (non-hydrogen) atoms. The molecule has 0 spiro atoms. The maximum atomic E-state index is 12.4. The fraction of sp³-hybridized carbons (Fsp3) is 0.350. The number of hydrogen-bond donors (Lipinski definition) is 1. The second kappa shape index (κ2) is 8.26. The van der Waals surface area contributed by atoms with E-state index in [1.807, 2.05) is 36.4 Å². The first-order chi connectivity index (χ1) is 12.1.